The summed E-state index contributed by atoms with van der Waals surface area (Å²) in [7, 11) is 1.83. The van der Waals surface area contributed by atoms with Crippen LogP contribution in [0.15, 0.2) is 29.3 Å². The van der Waals surface area contributed by atoms with Crippen LogP contribution in [0.3, 0.4) is 0 Å². The zero-order valence-corrected chi connectivity index (χ0v) is 16.6. The highest BCUT2D eigenvalue weighted by Crippen LogP contribution is 2.29. The monoisotopic (exact) mass is 437 g/mol. The number of nitrogens with zero attached hydrogens (tertiary/aromatic N) is 2. The van der Waals surface area contributed by atoms with Gasteiger partial charge in [0.25, 0.3) is 0 Å². The number of hydrogen-bond donors (Lipinski definition) is 1. The Morgan fingerprint density at radius 1 is 1.36 bits per heavy atom. The lowest BCUT2D eigenvalue weighted by Gasteiger charge is -2.39. The molecule has 1 aliphatic rings. The number of nitrogens with one attached hydrogen (secondary N) is 1. The van der Waals surface area contributed by atoms with E-state index in [1.54, 1.807) is 0 Å². The topological polar surface area (TPSA) is 27.6 Å². The molecule has 1 aromatic rings. The first-order valence-corrected chi connectivity index (χ1v) is 8.33. The molecule has 0 aromatic heterocycles. The van der Waals surface area contributed by atoms with Gasteiger partial charge in [-0.05, 0) is 38.0 Å². The van der Waals surface area contributed by atoms with Crippen molar-refractivity contribution in [2.45, 2.75) is 25.0 Å². The summed E-state index contributed by atoms with van der Waals surface area (Å²) in [5.74, 6) is 1.91. The van der Waals surface area contributed by atoms with E-state index in [1.165, 1.54) is 12.1 Å². The highest BCUT2D eigenvalue weighted by atomic mass is 127. The summed E-state index contributed by atoms with van der Waals surface area (Å²) >= 11 is 2.01. The molecular weight excluding hydrogens is 412 g/mol. The summed E-state index contributed by atoms with van der Waals surface area (Å²) in [6.45, 7) is 7.39. The van der Waals surface area contributed by atoms with Crippen molar-refractivity contribution in [2.24, 2.45) is 4.99 Å². The molecule has 0 unspecified atom stereocenters. The third-order valence-electron chi connectivity index (χ3n) is 3.55. The molecule has 0 spiro atoms. The summed E-state index contributed by atoms with van der Waals surface area (Å²) < 4.78 is 13.1. The zero-order chi connectivity index (χ0) is 15.3. The van der Waals surface area contributed by atoms with Crippen LogP contribution in [0, 0.1) is 5.82 Å². The quantitative estimate of drug-likeness (QED) is 0.447. The molecule has 0 bridgehead atoms. The Balaban J connectivity index is 0.00000242. The molecule has 1 heterocycles. The molecule has 0 radical (unpaired) electrons. The minimum absolute atomic E-state index is 0. The Kier molecular flexibility index (Phi) is 7.96. The normalized spacial score (nSPS) is 17.8. The molecule has 1 fully saturated rings. The van der Waals surface area contributed by atoms with Crippen LogP contribution in [0.5, 0.6) is 0 Å². The smallest absolute Gasteiger partial charge is 0.193 e. The molecule has 6 heteroatoms. The second-order valence-corrected chi connectivity index (χ2v) is 7.68. The third kappa shape index (κ3) is 5.95. The molecular formula is C16H25FIN3S. The maximum atomic E-state index is 12.9. The molecule has 22 heavy (non-hydrogen) atoms. The Morgan fingerprint density at radius 3 is 2.64 bits per heavy atom. The maximum Gasteiger partial charge on any atom is 0.193 e. The van der Waals surface area contributed by atoms with Gasteiger partial charge in [0, 0.05) is 37.2 Å². The first-order chi connectivity index (χ1) is 10.00. The first-order valence-electron chi connectivity index (χ1n) is 7.34. The number of aliphatic imine (C=N–C) groups is 1. The van der Waals surface area contributed by atoms with Crippen molar-refractivity contribution in [3.05, 3.63) is 35.6 Å². The molecule has 1 N–H and O–H groups in total. The number of halogens is 2. The second kappa shape index (κ2) is 8.96. The number of thioether (sulfide) groups is 1. The van der Waals surface area contributed by atoms with Crippen LogP contribution in [0.4, 0.5) is 4.39 Å². The van der Waals surface area contributed by atoms with E-state index >= 15 is 0 Å². The number of guanidine groups is 1. The van der Waals surface area contributed by atoms with Gasteiger partial charge in [0.1, 0.15) is 5.82 Å². The van der Waals surface area contributed by atoms with Crippen LogP contribution in [-0.2, 0) is 6.42 Å². The van der Waals surface area contributed by atoms with Crippen LogP contribution in [0.1, 0.15) is 19.4 Å². The molecule has 124 valence electrons. The molecule has 1 saturated heterocycles. The average Bonchev–Trinajstić information content (AvgIpc) is 2.44. The molecule has 0 saturated carbocycles. The Bertz CT molecular complexity index is 491. The van der Waals surface area contributed by atoms with Gasteiger partial charge in [0.15, 0.2) is 5.96 Å². The molecule has 2 rings (SSSR count). The van der Waals surface area contributed by atoms with Gasteiger partial charge in [-0.3, -0.25) is 4.99 Å². The van der Waals surface area contributed by atoms with Crippen molar-refractivity contribution >= 4 is 41.7 Å². The molecule has 3 nitrogen and oxygen atoms in total. The van der Waals surface area contributed by atoms with Gasteiger partial charge in [0.2, 0.25) is 0 Å². The van der Waals surface area contributed by atoms with E-state index in [4.69, 9.17) is 0 Å². The zero-order valence-electron chi connectivity index (χ0n) is 13.4. The number of rotatable bonds is 3. The van der Waals surface area contributed by atoms with E-state index in [1.807, 2.05) is 30.9 Å². The SMILES string of the molecule is CN=C(NCCc1ccc(F)cc1)N1CCSC(C)(C)C1.I. The van der Waals surface area contributed by atoms with Gasteiger partial charge in [-0.1, -0.05) is 12.1 Å². The van der Waals surface area contributed by atoms with Gasteiger partial charge < -0.3 is 10.2 Å². The lowest BCUT2D eigenvalue weighted by atomic mass is 10.1. The largest absolute Gasteiger partial charge is 0.356 e. The average molecular weight is 437 g/mol. The van der Waals surface area contributed by atoms with Gasteiger partial charge in [0.05, 0.1) is 0 Å². The van der Waals surface area contributed by atoms with Crippen LogP contribution >= 0.6 is 35.7 Å². The fourth-order valence-electron chi connectivity index (χ4n) is 2.50. The van der Waals surface area contributed by atoms with Gasteiger partial charge in [-0.15, -0.1) is 24.0 Å². The predicted molar refractivity (Wildman–Crippen MR) is 105 cm³/mol. The van der Waals surface area contributed by atoms with Gasteiger partial charge >= 0.3 is 0 Å². The van der Waals surface area contributed by atoms with E-state index in [0.717, 1.165) is 43.3 Å². The van der Waals surface area contributed by atoms with Crippen LogP contribution in [0.2, 0.25) is 0 Å². The van der Waals surface area contributed by atoms with E-state index in [0.29, 0.717) is 0 Å². The van der Waals surface area contributed by atoms with E-state index in [-0.39, 0.29) is 34.5 Å². The maximum absolute atomic E-state index is 12.9. The third-order valence-corrected chi connectivity index (χ3v) is 4.84. The summed E-state index contributed by atoms with van der Waals surface area (Å²) in [6, 6.07) is 6.68. The van der Waals surface area contributed by atoms with Crippen molar-refractivity contribution in [1.29, 1.82) is 0 Å². The molecule has 0 atom stereocenters. The summed E-state index contributed by atoms with van der Waals surface area (Å²) in [5.41, 5.74) is 1.13. The van der Waals surface area contributed by atoms with Crippen LogP contribution < -0.4 is 5.32 Å². The van der Waals surface area contributed by atoms with E-state index in [2.05, 4.69) is 29.1 Å². The van der Waals surface area contributed by atoms with Crippen molar-refractivity contribution < 1.29 is 4.39 Å². The molecule has 0 aliphatic carbocycles. The van der Waals surface area contributed by atoms with Crippen LogP contribution in [-0.4, -0.2) is 48.0 Å². The first kappa shape index (κ1) is 19.5. The Labute approximate surface area is 154 Å². The minimum atomic E-state index is -0.185. The number of benzene rings is 1. The second-order valence-electron chi connectivity index (χ2n) is 5.88. The Morgan fingerprint density at radius 2 is 2.05 bits per heavy atom. The van der Waals surface area contributed by atoms with Gasteiger partial charge in [-0.25, -0.2) is 4.39 Å². The lowest BCUT2D eigenvalue weighted by Crippen LogP contribution is -2.51. The van der Waals surface area contributed by atoms with Crippen LogP contribution in [0.25, 0.3) is 0 Å². The summed E-state index contributed by atoms with van der Waals surface area (Å²) in [4.78, 5) is 6.71. The molecule has 1 aliphatic heterocycles. The van der Waals surface area contributed by atoms with Crippen molar-refractivity contribution in [3.63, 3.8) is 0 Å². The van der Waals surface area contributed by atoms with Crippen molar-refractivity contribution in [2.75, 3.05) is 32.4 Å². The number of hydrogen-bond acceptors (Lipinski definition) is 2. The molecule has 0 amide bonds. The minimum Gasteiger partial charge on any atom is -0.356 e. The fourth-order valence-corrected chi connectivity index (χ4v) is 3.61. The fraction of sp³-hybridized carbons (Fsp3) is 0.562. The highest BCUT2D eigenvalue weighted by Gasteiger charge is 2.28. The van der Waals surface area contributed by atoms with E-state index in [9.17, 15) is 4.39 Å². The van der Waals surface area contributed by atoms with Crippen molar-refractivity contribution in [3.8, 4) is 0 Å². The van der Waals surface area contributed by atoms with Gasteiger partial charge in [-0.2, -0.15) is 11.8 Å². The standard InChI is InChI=1S/C16H24FN3S.HI/c1-16(2)12-20(10-11-21-16)15(18-3)19-9-8-13-4-6-14(17)7-5-13;/h4-7H,8-12H2,1-3H3,(H,18,19);1H. The van der Waals surface area contributed by atoms with E-state index < -0.39 is 0 Å². The predicted octanol–water partition coefficient (Wildman–Crippen LogP) is 3.39. The highest BCUT2D eigenvalue weighted by molar-refractivity contribution is 14.0. The van der Waals surface area contributed by atoms with Crippen molar-refractivity contribution in [1.82, 2.24) is 10.2 Å². The lowest BCUT2D eigenvalue weighted by molar-refractivity contribution is 0.376. The summed E-state index contributed by atoms with van der Waals surface area (Å²) in [6.07, 6.45) is 0.866. The summed E-state index contributed by atoms with van der Waals surface area (Å²) in [5, 5.41) is 3.41. The Hall–Kier alpha value is -0.500. The molecule has 1 aromatic carbocycles.